The van der Waals surface area contributed by atoms with Gasteiger partial charge in [0, 0.05) is 12.5 Å². The zero-order valence-corrected chi connectivity index (χ0v) is 12.1. The van der Waals surface area contributed by atoms with Crippen molar-refractivity contribution < 1.29 is 14.3 Å². The van der Waals surface area contributed by atoms with Gasteiger partial charge in [0.15, 0.2) is 17.3 Å². The van der Waals surface area contributed by atoms with E-state index >= 15 is 0 Å². The van der Waals surface area contributed by atoms with Gasteiger partial charge in [-0.05, 0) is 25.1 Å². The molecule has 0 saturated carbocycles. The van der Waals surface area contributed by atoms with Crippen molar-refractivity contribution in [1.82, 2.24) is 4.98 Å². The fourth-order valence-corrected chi connectivity index (χ4v) is 2.77. The molecule has 4 nitrogen and oxygen atoms in total. The molecule has 0 spiro atoms. The van der Waals surface area contributed by atoms with Crippen molar-refractivity contribution in [2.24, 2.45) is 0 Å². The molecule has 5 heteroatoms. The van der Waals surface area contributed by atoms with E-state index in [0.29, 0.717) is 16.4 Å². The molecule has 0 N–H and O–H groups in total. The minimum atomic E-state index is 0.0433. The standard InChI is InChI=1S/C14H15NO3S/c1-8-13(9(2)16)19-14(15-8)10-5-6-11(17-3)12(7-10)18-4/h5-7H,1-4H3. The number of ether oxygens (including phenoxy) is 2. The Labute approximate surface area is 116 Å². The van der Waals surface area contributed by atoms with E-state index in [1.54, 1.807) is 21.1 Å². The predicted molar refractivity (Wildman–Crippen MR) is 75.4 cm³/mol. The smallest absolute Gasteiger partial charge is 0.171 e. The fourth-order valence-electron chi connectivity index (χ4n) is 1.82. The molecule has 0 aliphatic rings. The van der Waals surface area contributed by atoms with Crippen molar-refractivity contribution in [1.29, 1.82) is 0 Å². The molecule has 1 heterocycles. The maximum absolute atomic E-state index is 11.5. The second kappa shape index (κ2) is 5.40. The van der Waals surface area contributed by atoms with Crippen molar-refractivity contribution >= 4 is 17.1 Å². The monoisotopic (exact) mass is 277 g/mol. The highest BCUT2D eigenvalue weighted by Gasteiger charge is 2.14. The third-order valence-electron chi connectivity index (χ3n) is 2.75. The van der Waals surface area contributed by atoms with Crippen LogP contribution in [0.4, 0.5) is 0 Å². The molecule has 0 bridgehead atoms. The third kappa shape index (κ3) is 2.61. The molecule has 0 fully saturated rings. The Morgan fingerprint density at radius 3 is 2.42 bits per heavy atom. The number of Topliss-reactive ketones (excluding diaryl/α,β-unsaturated/α-hetero) is 1. The number of ketones is 1. The summed E-state index contributed by atoms with van der Waals surface area (Å²) in [5.74, 6) is 1.37. The lowest BCUT2D eigenvalue weighted by molar-refractivity contribution is 0.102. The number of benzene rings is 1. The summed E-state index contributed by atoms with van der Waals surface area (Å²) in [5, 5.41) is 0.809. The van der Waals surface area contributed by atoms with Crippen LogP contribution in [-0.4, -0.2) is 25.0 Å². The molecule has 0 radical (unpaired) electrons. The van der Waals surface area contributed by atoms with Gasteiger partial charge < -0.3 is 9.47 Å². The van der Waals surface area contributed by atoms with Gasteiger partial charge >= 0.3 is 0 Å². The van der Waals surface area contributed by atoms with Crippen LogP contribution < -0.4 is 9.47 Å². The van der Waals surface area contributed by atoms with Crippen molar-refractivity contribution in [3.05, 3.63) is 28.8 Å². The van der Waals surface area contributed by atoms with Gasteiger partial charge in [0.2, 0.25) is 0 Å². The molecule has 100 valence electrons. The fraction of sp³-hybridized carbons (Fsp3) is 0.286. The molecule has 0 atom stereocenters. The molecule has 2 rings (SSSR count). The molecule has 2 aromatic rings. The lowest BCUT2D eigenvalue weighted by Crippen LogP contribution is -1.90. The number of methoxy groups -OCH3 is 2. The number of thiazole rings is 1. The summed E-state index contributed by atoms with van der Waals surface area (Å²) in [4.78, 5) is 16.6. The van der Waals surface area contributed by atoms with Crippen LogP contribution in [0.1, 0.15) is 22.3 Å². The number of hydrogen-bond donors (Lipinski definition) is 0. The number of nitrogens with zero attached hydrogens (tertiary/aromatic N) is 1. The second-order valence-electron chi connectivity index (χ2n) is 4.06. The molecule has 0 aliphatic carbocycles. The van der Waals surface area contributed by atoms with Crippen LogP contribution in [0.15, 0.2) is 18.2 Å². The lowest BCUT2D eigenvalue weighted by atomic mass is 10.2. The van der Waals surface area contributed by atoms with Gasteiger partial charge in [-0.2, -0.15) is 0 Å². The third-order valence-corrected chi connectivity index (χ3v) is 4.05. The molecule has 1 aromatic carbocycles. The van der Waals surface area contributed by atoms with Crippen LogP contribution in [0.5, 0.6) is 11.5 Å². The average molecular weight is 277 g/mol. The van der Waals surface area contributed by atoms with Crippen LogP contribution in [0.2, 0.25) is 0 Å². The molecule has 1 aromatic heterocycles. The first-order valence-electron chi connectivity index (χ1n) is 5.77. The van der Waals surface area contributed by atoms with Gasteiger partial charge in [-0.3, -0.25) is 4.79 Å². The van der Waals surface area contributed by atoms with E-state index in [-0.39, 0.29) is 5.78 Å². The summed E-state index contributed by atoms with van der Waals surface area (Å²) in [6.45, 7) is 3.40. The summed E-state index contributed by atoms with van der Waals surface area (Å²) in [5.41, 5.74) is 1.68. The lowest BCUT2D eigenvalue weighted by Gasteiger charge is -2.08. The highest BCUT2D eigenvalue weighted by Crippen LogP contribution is 2.34. The Morgan fingerprint density at radius 2 is 1.89 bits per heavy atom. The van der Waals surface area contributed by atoms with Gasteiger partial charge in [-0.1, -0.05) is 0 Å². The van der Waals surface area contributed by atoms with E-state index in [1.165, 1.54) is 11.3 Å². The van der Waals surface area contributed by atoms with E-state index in [4.69, 9.17) is 9.47 Å². The molecular weight excluding hydrogens is 262 g/mol. The van der Waals surface area contributed by atoms with E-state index in [1.807, 2.05) is 25.1 Å². The van der Waals surface area contributed by atoms with Crippen LogP contribution >= 0.6 is 11.3 Å². The van der Waals surface area contributed by atoms with Gasteiger partial charge in [-0.25, -0.2) is 4.98 Å². The van der Waals surface area contributed by atoms with Crippen LogP contribution in [0, 0.1) is 6.92 Å². The number of carbonyl (C=O) groups excluding carboxylic acids is 1. The normalized spacial score (nSPS) is 10.3. The second-order valence-corrected chi connectivity index (χ2v) is 5.06. The SMILES string of the molecule is COc1ccc(-c2nc(C)c(C(C)=O)s2)cc1OC. The Balaban J connectivity index is 2.47. The quantitative estimate of drug-likeness (QED) is 0.804. The Kier molecular flexibility index (Phi) is 3.85. The molecule has 0 amide bonds. The van der Waals surface area contributed by atoms with Crippen molar-refractivity contribution in [3.63, 3.8) is 0 Å². The Bertz CT molecular complexity index is 619. The van der Waals surface area contributed by atoms with Crippen LogP contribution in [0.3, 0.4) is 0 Å². The van der Waals surface area contributed by atoms with Gasteiger partial charge in [0.1, 0.15) is 5.01 Å². The van der Waals surface area contributed by atoms with E-state index in [2.05, 4.69) is 4.98 Å². The molecular formula is C14H15NO3S. The summed E-state index contributed by atoms with van der Waals surface area (Å²) in [7, 11) is 3.19. The summed E-state index contributed by atoms with van der Waals surface area (Å²) in [6.07, 6.45) is 0. The number of aromatic nitrogens is 1. The number of hydrogen-bond acceptors (Lipinski definition) is 5. The van der Waals surface area contributed by atoms with Crippen molar-refractivity contribution in [3.8, 4) is 22.1 Å². The first-order valence-corrected chi connectivity index (χ1v) is 6.59. The highest BCUT2D eigenvalue weighted by molar-refractivity contribution is 7.17. The van der Waals surface area contributed by atoms with Crippen molar-refractivity contribution in [2.75, 3.05) is 14.2 Å². The average Bonchev–Trinajstić information content (AvgIpc) is 2.80. The number of carbonyl (C=O) groups is 1. The van der Waals surface area contributed by atoms with E-state index in [0.717, 1.165) is 16.3 Å². The summed E-state index contributed by atoms with van der Waals surface area (Å²) < 4.78 is 10.5. The minimum Gasteiger partial charge on any atom is -0.493 e. The number of aryl methyl sites for hydroxylation is 1. The Morgan fingerprint density at radius 1 is 1.21 bits per heavy atom. The first kappa shape index (κ1) is 13.5. The highest BCUT2D eigenvalue weighted by atomic mass is 32.1. The van der Waals surface area contributed by atoms with Gasteiger partial charge in [0.05, 0.1) is 24.8 Å². The molecule has 19 heavy (non-hydrogen) atoms. The maximum atomic E-state index is 11.5. The van der Waals surface area contributed by atoms with Crippen LogP contribution in [-0.2, 0) is 0 Å². The summed E-state index contributed by atoms with van der Waals surface area (Å²) in [6, 6.07) is 5.60. The van der Waals surface area contributed by atoms with E-state index in [9.17, 15) is 4.79 Å². The summed E-state index contributed by atoms with van der Waals surface area (Å²) >= 11 is 1.40. The first-order chi connectivity index (χ1) is 9.06. The van der Waals surface area contributed by atoms with E-state index < -0.39 is 0 Å². The van der Waals surface area contributed by atoms with Gasteiger partial charge in [-0.15, -0.1) is 11.3 Å². The maximum Gasteiger partial charge on any atom is 0.171 e. The molecule has 0 aliphatic heterocycles. The van der Waals surface area contributed by atoms with Crippen molar-refractivity contribution in [2.45, 2.75) is 13.8 Å². The zero-order valence-electron chi connectivity index (χ0n) is 11.3. The van der Waals surface area contributed by atoms with Crippen LogP contribution in [0.25, 0.3) is 10.6 Å². The molecule has 0 saturated heterocycles. The number of rotatable bonds is 4. The minimum absolute atomic E-state index is 0.0433. The zero-order chi connectivity index (χ0) is 14.0. The van der Waals surface area contributed by atoms with Gasteiger partial charge in [0.25, 0.3) is 0 Å². The molecule has 0 unspecified atom stereocenters. The predicted octanol–water partition coefficient (Wildman–Crippen LogP) is 3.34. The largest absolute Gasteiger partial charge is 0.493 e. The Hall–Kier alpha value is -1.88. The topological polar surface area (TPSA) is 48.4 Å².